The SMILES string of the molecule is CC(=C/Sc1ccccc1)/C=C/C(C)(C)C. The molecule has 0 atom stereocenters. The molecule has 1 heteroatoms. The summed E-state index contributed by atoms with van der Waals surface area (Å²) in [5, 5.41) is 2.19. The molecular formula is C15H20S. The van der Waals surface area contributed by atoms with Crippen molar-refractivity contribution >= 4 is 11.8 Å². The van der Waals surface area contributed by atoms with Crippen LogP contribution in [0.4, 0.5) is 0 Å². The molecule has 0 saturated carbocycles. The summed E-state index contributed by atoms with van der Waals surface area (Å²) in [6.45, 7) is 8.77. The molecule has 0 aliphatic heterocycles. The summed E-state index contributed by atoms with van der Waals surface area (Å²) < 4.78 is 0. The number of rotatable bonds is 3. The van der Waals surface area contributed by atoms with E-state index >= 15 is 0 Å². The highest BCUT2D eigenvalue weighted by atomic mass is 32.2. The first kappa shape index (κ1) is 13.1. The molecule has 0 amide bonds. The molecule has 86 valence electrons. The van der Waals surface area contributed by atoms with E-state index in [4.69, 9.17) is 0 Å². The maximum Gasteiger partial charge on any atom is 0.0116 e. The molecule has 0 unspecified atom stereocenters. The molecule has 0 fully saturated rings. The van der Waals surface area contributed by atoms with Gasteiger partial charge in [0.2, 0.25) is 0 Å². The molecule has 1 aromatic rings. The molecule has 0 aliphatic carbocycles. The minimum Gasteiger partial charge on any atom is -0.0978 e. The molecular weight excluding hydrogens is 212 g/mol. The van der Waals surface area contributed by atoms with Gasteiger partial charge in [0.15, 0.2) is 0 Å². The van der Waals surface area contributed by atoms with Gasteiger partial charge in [-0.3, -0.25) is 0 Å². The fourth-order valence-electron chi connectivity index (χ4n) is 1.08. The molecule has 1 aromatic carbocycles. The summed E-state index contributed by atoms with van der Waals surface area (Å²) in [6.07, 6.45) is 4.43. The Morgan fingerprint density at radius 3 is 2.31 bits per heavy atom. The van der Waals surface area contributed by atoms with E-state index < -0.39 is 0 Å². The molecule has 1 rings (SSSR count). The van der Waals surface area contributed by atoms with Gasteiger partial charge in [0, 0.05) is 4.90 Å². The zero-order valence-electron chi connectivity index (χ0n) is 10.5. The first-order valence-electron chi connectivity index (χ1n) is 5.55. The van der Waals surface area contributed by atoms with Gasteiger partial charge in [-0.05, 0) is 35.5 Å². The van der Waals surface area contributed by atoms with E-state index in [0.717, 1.165) is 0 Å². The zero-order chi connectivity index (χ0) is 12.0. The van der Waals surface area contributed by atoms with Crippen LogP contribution in [-0.4, -0.2) is 0 Å². The second-order valence-electron chi connectivity index (χ2n) is 4.99. The quantitative estimate of drug-likeness (QED) is 0.504. The van der Waals surface area contributed by atoms with Crippen molar-refractivity contribution < 1.29 is 0 Å². The van der Waals surface area contributed by atoms with Crippen molar-refractivity contribution in [3.8, 4) is 0 Å². The van der Waals surface area contributed by atoms with Crippen molar-refractivity contribution in [1.82, 2.24) is 0 Å². The van der Waals surface area contributed by atoms with Gasteiger partial charge in [0.05, 0.1) is 0 Å². The average molecular weight is 232 g/mol. The van der Waals surface area contributed by atoms with E-state index in [9.17, 15) is 0 Å². The molecule has 0 radical (unpaired) electrons. The van der Waals surface area contributed by atoms with Crippen LogP contribution in [-0.2, 0) is 0 Å². The van der Waals surface area contributed by atoms with Gasteiger partial charge < -0.3 is 0 Å². The Hall–Kier alpha value is -0.950. The standard InChI is InChI=1S/C15H20S/c1-13(10-11-15(2,3)4)12-16-14-8-6-5-7-9-14/h5-12H,1-4H3/b11-10+,13-12-. The van der Waals surface area contributed by atoms with Gasteiger partial charge >= 0.3 is 0 Å². The second kappa shape index (κ2) is 5.95. The lowest BCUT2D eigenvalue weighted by Gasteiger charge is -2.10. The lowest BCUT2D eigenvalue weighted by molar-refractivity contribution is 0.544. The fraction of sp³-hybridized carbons (Fsp3) is 0.333. The molecule has 16 heavy (non-hydrogen) atoms. The van der Waals surface area contributed by atoms with Gasteiger partial charge in [-0.15, -0.1) is 0 Å². The van der Waals surface area contributed by atoms with Crippen molar-refractivity contribution in [1.29, 1.82) is 0 Å². The van der Waals surface area contributed by atoms with Crippen LogP contribution >= 0.6 is 11.8 Å². The summed E-state index contributed by atoms with van der Waals surface area (Å²) in [6, 6.07) is 10.4. The first-order chi connectivity index (χ1) is 7.47. The Bertz CT molecular complexity index is 366. The van der Waals surface area contributed by atoms with Crippen molar-refractivity contribution in [2.75, 3.05) is 0 Å². The number of benzene rings is 1. The normalized spacial score (nSPS) is 13.4. The van der Waals surface area contributed by atoms with Crippen LogP contribution in [0.5, 0.6) is 0 Å². The smallest absolute Gasteiger partial charge is 0.0116 e. The van der Waals surface area contributed by atoms with Crippen LogP contribution in [0.25, 0.3) is 0 Å². The van der Waals surface area contributed by atoms with E-state index in [-0.39, 0.29) is 5.41 Å². The van der Waals surface area contributed by atoms with E-state index in [1.165, 1.54) is 10.5 Å². The number of thioether (sulfide) groups is 1. The average Bonchev–Trinajstić information content (AvgIpc) is 2.24. The Morgan fingerprint density at radius 1 is 1.12 bits per heavy atom. The fourth-order valence-corrected chi connectivity index (χ4v) is 1.80. The third-order valence-corrected chi connectivity index (χ3v) is 3.00. The Balaban J connectivity index is 2.56. The van der Waals surface area contributed by atoms with E-state index in [1.54, 1.807) is 11.8 Å². The molecule has 0 spiro atoms. The summed E-state index contributed by atoms with van der Waals surface area (Å²) in [5.41, 5.74) is 1.55. The second-order valence-corrected chi connectivity index (χ2v) is 5.93. The van der Waals surface area contributed by atoms with Crippen molar-refractivity contribution in [2.24, 2.45) is 5.41 Å². The molecule has 0 heterocycles. The minimum atomic E-state index is 0.256. The highest BCUT2D eigenvalue weighted by molar-refractivity contribution is 8.02. The molecule has 0 bridgehead atoms. The van der Waals surface area contributed by atoms with Crippen LogP contribution in [0.3, 0.4) is 0 Å². The predicted octanol–water partition coefficient (Wildman–Crippen LogP) is 5.28. The van der Waals surface area contributed by atoms with E-state index in [1.807, 2.05) is 6.07 Å². The Morgan fingerprint density at radius 2 is 1.75 bits per heavy atom. The van der Waals surface area contributed by atoms with Crippen LogP contribution in [0.2, 0.25) is 0 Å². The van der Waals surface area contributed by atoms with Gasteiger partial charge in [0.1, 0.15) is 0 Å². The molecule has 0 aliphatic rings. The van der Waals surface area contributed by atoms with Crippen LogP contribution in [0.1, 0.15) is 27.7 Å². The summed E-state index contributed by atoms with van der Waals surface area (Å²) in [7, 11) is 0. The maximum atomic E-state index is 2.24. The zero-order valence-corrected chi connectivity index (χ0v) is 11.3. The van der Waals surface area contributed by atoms with Crippen molar-refractivity contribution in [3.63, 3.8) is 0 Å². The lowest BCUT2D eigenvalue weighted by Crippen LogP contribution is -1.98. The molecule has 0 saturated heterocycles. The van der Waals surface area contributed by atoms with Crippen molar-refractivity contribution in [3.05, 3.63) is 53.5 Å². The molecule has 0 N–H and O–H groups in total. The van der Waals surface area contributed by atoms with Gasteiger partial charge in [-0.1, -0.05) is 62.9 Å². The lowest BCUT2D eigenvalue weighted by atomic mass is 9.96. The first-order valence-corrected chi connectivity index (χ1v) is 6.43. The summed E-state index contributed by atoms with van der Waals surface area (Å²) >= 11 is 1.77. The Labute approximate surface area is 103 Å². The largest absolute Gasteiger partial charge is 0.0978 e. The highest BCUT2D eigenvalue weighted by Crippen LogP contribution is 2.21. The minimum absolute atomic E-state index is 0.256. The van der Waals surface area contributed by atoms with Gasteiger partial charge in [-0.25, -0.2) is 0 Å². The van der Waals surface area contributed by atoms with E-state index in [2.05, 4.69) is 69.5 Å². The monoisotopic (exact) mass is 232 g/mol. The van der Waals surface area contributed by atoms with Gasteiger partial charge in [0.25, 0.3) is 0 Å². The van der Waals surface area contributed by atoms with Crippen molar-refractivity contribution in [2.45, 2.75) is 32.6 Å². The highest BCUT2D eigenvalue weighted by Gasteiger charge is 2.02. The van der Waals surface area contributed by atoms with Crippen LogP contribution in [0.15, 0.2) is 58.4 Å². The maximum absolute atomic E-state index is 2.24. The topological polar surface area (TPSA) is 0 Å². The predicted molar refractivity (Wildman–Crippen MR) is 74.7 cm³/mol. The third kappa shape index (κ3) is 5.82. The summed E-state index contributed by atoms with van der Waals surface area (Å²) in [4.78, 5) is 1.28. The summed E-state index contributed by atoms with van der Waals surface area (Å²) in [5.74, 6) is 0. The number of hydrogen-bond donors (Lipinski definition) is 0. The number of hydrogen-bond acceptors (Lipinski definition) is 1. The molecule has 0 aromatic heterocycles. The third-order valence-electron chi connectivity index (χ3n) is 1.97. The Kier molecular flexibility index (Phi) is 4.88. The number of allylic oxidation sites excluding steroid dienone is 3. The van der Waals surface area contributed by atoms with Gasteiger partial charge in [-0.2, -0.15) is 0 Å². The van der Waals surface area contributed by atoms with Crippen LogP contribution < -0.4 is 0 Å². The van der Waals surface area contributed by atoms with E-state index in [0.29, 0.717) is 0 Å². The van der Waals surface area contributed by atoms with Crippen LogP contribution in [0, 0.1) is 5.41 Å². The molecule has 0 nitrogen and oxygen atoms in total.